The minimum absolute atomic E-state index is 0.158. The van der Waals surface area contributed by atoms with E-state index in [2.05, 4.69) is 0 Å². The molecule has 144 valence electrons. The quantitative estimate of drug-likeness (QED) is 0.467. The van der Waals surface area contributed by atoms with Crippen LogP contribution in [0.4, 0.5) is 0 Å². The molecule has 4 nitrogen and oxygen atoms in total. The van der Waals surface area contributed by atoms with E-state index in [0.29, 0.717) is 12.8 Å². The van der Waals surface area contributed by atoms with E-state index >= 15 is 0 Å². The highest BCUT2D eigenvalue weighted by atomic mass is 32.2. The van der Waals surface area contributed by atoms with Crippen LogP contribution in [0.1, 0.15) is 37.3 Å². The number of aryl methyl sites for hydroxylation is 1. The van der Waals surface area contributed by atoms with Crippen LogP contribution < -0.4 is 0 Å². The van der Waals surface area contributed by atoms with Crippen LogP contribution in [-0.2, 0) is 19.4 Å². The lowest BCUT2D eigenvalue weighted by Crippen LogP contribution is -2.32. The Morgan fingerprint density at radius 3 is 2.37 bits per heavy atom. The molecule has 0 amide bonds. The van der Waals surface area contributed by atoms with Crippen molar-refractivity contribution in [3.8, 4) is 0 Å². The van der Waals surface area contributed by atoms with E-state index in [9.17, 15) is 13.2 Å². The topological polar surface area (TPSA) is 60.4 Å². The second-order valence-electron chi connectivity index (χ2n) is 6.34. The third-order valence-corrected chi connectivity index (χ3v) is 6.33. The maximum Gasteiger partial charge on any atom is 0.324 e. The normalized spacial score (nSPS) is 12.8. The van der Waals surface area contributed by atoms with Crippen molar-refractivity contribution in [2.75, 3.05) is 6.61 Å². The highest BCUT2D eigenvalue weighted by molar-refractivity contribution is 7.92. The summed E-state index contributed by atoms with van der Waals surface area (Å²) in [7, 11) is -3.78. The van der Waals surface area contributed by atoms with E-state index in [0.717, 1.165) is 11.1 Å². The number of unbranched alkanes of at least 4 members (excludes halogenated alkanes) is 1. The molecule has 27 heavy (non-hydrogen) atoms. The summed E-state index contributed by atoms with van der Waals surface area (Å²) in [5.74, 6) is -0.676. The van der Waals surface area contributed by atoms with E-state index in [-0.39, 0.29) is 17.9 Å². The van der Waals surface area contributed by atoms with Gasteiger partial charge in [-0.2, -0.15) is 0 Å². The first-order chi connectivity index (χ1) is 12.9. The fourth-order valence-electron chi connectivity index (χ4n) is 2.73. The number of hydrogen-bond acceptors (Lipinski definition) is 4. The fraction of sp³-hybridized carbons (Fsp3) is 0.318. The lowest BCUT2D eigenvalue weighted by molar-refractivity contribution is -0.142. The van der Waals surface area contributed by atoms with Gasteiger partial charge in [0, 0.05) is 0 Å². The first kappa shape index (κ1) is 20.9. The van der Waals surface area contributed by atoms with Crippen molar-refractivity contribution in [1.82, 2.24) is 0 Å². The van der Waals surface area contributed by atoms with Gasteiger partial charge in [0.1, 0.15) is 0 Å². The first-order valence-electron chi connectivity index (χ1n) is 9.14. The van der Waals surface area contributed by atoms with Crippen LogP contribution in [0, 0.1) is 6.92 Å². The molecule has 0 bridgehead atoms. The van der Waals surface area contributed by atoms with Gasteiger partial charge in [-0.15, -0.1) is 0 Å². The summed E-state index contributed by atoms with van der Waals surface area (Å²) < 4.78 is 30.9. The Balaban J connectivity index is 2.06. The number of ether oxygens (including phenoxy) is 1. The van der Waals surface area contributed by atoms with Crippen LogP contribution in [0.25, 0.3) is 6.08 Å². The monoisotopic (exact) mass is 386 g/mol. The van der Waals surface area contributed by atoms with Gasteiger partial charge in [-0.1, -0.05) is 60.2 Å². The fourth-order valence-corrected chi connectivity index (χ4v) is 4.37. The van der Waals surface area contributed by atoms with E-state index in [4.69, 9.17) is 4.74 Å². The molecule has 2 aromatic carbocycles. The van der Waals surface area contributed by atoms with E-state index in [1.54, 1.807) is 31.2 Å². The Kier molecular flexibility index (Phi) is 7.80. The molecule has 0 saturated heterocycles. The molecule has 5 heteroatoms. The molecule has 0 aliphatic carbocycles. The lowest BCUT2D eigenvalue weighted by atomic mass is 10.1. The molecule has 1 atom stereocenters. The van der Waals surface area contributed by atoms with Crippen molar-refractivity contribution < 1.29 is 17.9 Å². The molecule has 0 spiro atoms. The number of benzene rings is 2. The summed E-state index contributed by atoms with van der Waals surface area (Å²) in [5.41, 5.74) is 2.06. The van der Waals surface area contributed by atoms with Gasteiger partial charge < -0.3 is 4.74 Å². The zero-order valence-corrected chi connectivity index (χ0v) is 16.6. The number of carbonyl (C=O) groups excluding carboxylic acids is 1. The minimum atomic E-state index is -3.78. The molecule has 0 N–H and O–H groups in total. The summed E-state index contributed by atoms with van der Waals surface area (Å²) >= 11 is 0. The molecule has 0 aliphatic heterocycles. The first-order valence-corrected chi connectivity index (χ1v) is 10.7. The smallest absolute Gasteiger partial charge is 0.324 e. The Hall–Kier alpha value is -2.40. The molecule has 0 heterocycles. The Morgan fingerprint density at radius 2 is 1.74 bits per heavy atom. The van der Waals surface area contributed by atoms with Crippen LogP contribution in [0.2, 0.25) is 0 Å². The van der Waals surface area contributed by atoms with Crippen molar-refractivity contribution in [2.45, 2.75) is 43.3 Å². The van der Waals surface area contributed by atoms with Gasteiger partial charge in [-0.25, -0.2) is 8.42 Å². The summed E-state index contributed by atoms with van der Waals surface area (Å²) in [6, 6.07) is 16.4. The Labute approximate surface area is 161 Å². The Bertz CT molecular complexity index is 853. The van der Waals surface area contributed by atoms with Crippen LogP contribution >= 0.6 is 0 Å². The molecule has 2 rings (SSSR count). The molecule has 0 radical (unpaired) electrons. The van der Waals surface area contributed by atoms with Crippen LogP contribution in [0.5, 0.6) is 0 Å². The van der Waals surface area contributed by atoms with Gasteiger partial charge in [0.2, 0.25) is 0 Å². The summed E-state index contributed by atoms with van der Waals surface area (Å²) in [4.78, 5) is 12.5. The van der Waals surface area contributed by atoms with Crippen LogP contribution in [0.3, 0.4) is 0 Å². The number of allylic oxidation sites excluding steroid dienone is 1. The second-order valence-corrected chi connectivity index (χ2v) is 8.47. The van der Waals surface area contributed by atoms with Crippen molar-refractivity contribution in [3.05, 3.63) is 71.8 Å². The second kappa shape index (κ2) is 10.1. The van der Waals surface area contributed by atoms with E-state index in [1.165, 1.54) is 0 Å². The van der Waals surface area contributed by atoms with Gasteiger partial charge in [0.05, 0.1) is 11.5 Å². The van der Waals surface area contributed by atoms with E-state index < -0.39 is 21.1 Å². The van der Waals surface area contributed by atoms with Crippen molar-refractivity contribution in [1.29, 1.82) is 0 Å². The highest BCUT2D eigenvalue weighted by Crippen LogP contribution is 2.22. The average molecular weight is 387 g/mol. The number of sulfone groups is 1. The lowest BCUT2D eigenvalue weighted by Gasteiger charge is -2.16. The predicted octanol–water partition coefficient (Wildman–Crippen LogP) is 4.58. The van der Waals surface area contributed by atoms with Crippen LogP contribution in [-0.4, -0.2) is 26.2 Å². The number of carbonyl (C=O) groups is 1. The maximum absolute atomic E-state index is 12.9. The Morgan fingerprint density at radius 1 is 1.07 bits per heavy atom. The third-order valence-electron chi connectivity index (χ3n) is 4.22. The van der Waals surface area contributed by atoms with Gasteiger partial charge >= 0.3 is 5.97 Å². The van der Waals surface area contributed by atoms with Crippen molar-refractivity contribution in [3.63, 3.8) is 0 Å². The van der Waals surface area contributed by atoms with Crippen LogP contribution in [0.15, 0.2) is 65.6 Å². The van der Waals surface area contributed by atoms with Gasteiger partial charge in [-0.05, 0) is 50.8 Å². The van der Waals surface area contributed by atoms with Gasteiger partial charge in [0.25, 0.3) is 0 Å². The number of rotatable bonds is 9. The van der Waals surface area contributed by atoms with E-state index in [1.807, 2.05) is 49.4 Å². The van der Waals surface area contributed by atoms with Gasteiger partial charge in [0.15, 0.2) is 15.1 Å². The molecule has 0 saturated carbocycles. The molecule has 0 fully saturated rings. The SMILES string of the molecule is CCOC(=O)C(CCC/C=C/c1ccccc1)S(=O)(=O)c1ccc(C)cc1. The van der Waals surface area contributed by atoms with Crippen molar-refractivity contribution >= 4 is 21.9 Å². The zero-order chi connectivity index (χ0) is 19.7. The summed E-state index contributed by atoms with van der Waals surface area (Å²) in [6.45, 7) is 3.72. The molecule has 1 unspecified atom stereocenters. The summed E-state index contributed by atoms with van der Waals surface area (Å²) in [6.07, 6.45) is 5.49. The summed E-state index contributed by atoms with van der Waals surface area (Å²) in [5, 5.41) is -1.18. The molecular weight excluding hydrogens is 360 g/mol. The third kappa shape index (κ3) is 6.07. The largest absolute Gasteiger partial charge is 0.465 e. The minimum Gasteiger partial charge on any atom is -0.465 e. The standard InChI is InChI=1S/C22H26O4S/c1-3-26-22(23)21(27(24,25)20-16-14-18(2)15-17-20)13-9-5-8-12-19-10-6-4-7-11-19/h4,6-8,10-12,14-17,21H,3,5,9,13H2,1-2H3/b12-8+. The highest BCUT2D eigenvalue weighted by Gasteiger charge is 2.34. The molecule has 0 aliphatic rings. The maximum atomic E-state index is 12.9. The van der Waals surface area contributed by atoms with Gasteiger partial charge in [-0.3, -0.25) is 4.79 Å². The number of esters is 1. The molecule has 2 aromatic rings. The molecular formula is C22H26O4S. The molecule has 0 aromatic heterocycles. The van der Waals surface area contributed by atoms with Crippen molar-refractivity contribution in [2.24, 2.45) is 0 Å². The zero-order valence-electron chi connectivity index (χ0n) is 15.8. The number of hydrogen-bond donors (Lipinski definition) is 0. The average Bonchev–Trinajstić information content (AvgIpc) is 2.65. The predicted molar refractivity (Wildman–Crippen MR) is 108 cm³/mol.